The molecule has 1 aromatic rings. The summed E-state index contributed by atoms with van der Waals surface area (Å²) in [5.41, 5.74) is -0.960. The summed E-state index contributed by atoms with van der Waals surface area (Å²) in [6.45, 7) is 0. The summed E-state index contributed by atoms with van der Waals surface area (Å²) in [7, 11) is 0. The van der Waals surface area contributed by atoms with E-state index in [0.717, 1.165) is 6.07 Å². The van der Waals surface area contributed by atoms with Crippen LogP contribution in [-0.2, 0) is 11.5 Å². The fourth-order valence-electron chi connectivity index (χ4n) is 1.00. The van der Waals surface area contributed by atoms with Crippen LogP contribution in [0, 0.1) is 4.91 Å². The monoisotopic (exact) mass is 267 g/mol. The van der Waals surface area contributed by atoms with E-state index in [-0.39, 0.29) is 16.6 Å². The molecule has 0 fully saturated rings. The molecule has 0 bridgehead atoms. The molecule has 0 saturated carbocycles. The van der Waals surface area contributed by atoms with Gasteiger partial charge in [-0.25, -0.2) is 0 Å². The number of hydrogen-bond donors (Lipinski definition) is 0. The number of nitrogens with zero attached hydrogens (tertiary/aromatic N) is 1. The third kappa shape index (κ3) is 2.31. The van der Waals surface area contributed by atoms with Crippen molar-refractivity contribution in [2.45, 2.75) is 11.5 Å². The maximum absolute atomic E-state index is 12.4. The Morgan fingerprint density at radius 2 is 2.00 bits per heavy atom. The normalized spacial score (nSPS) is 11.4. The quantitative estimate of drug-likeness (QED) is 0.588. The molecule has 0 unspecified atom stereocenters. The average Bonchev–Trinajstić information content (AvgIpc) is 2.15. The Hall–Kier alpha value is -0.910. The van der Waals surface area contributed by atoms with Crippen LogP contribution in [0.2, 0.25) is 0 Å². The minimum atomic E-state index is -4.45. The largest absolute Gasteiger partial charge is 0.416 e. The summed E-state index contributed by atoms with van der Waals surface area (Å²) in [6, 6.07) is 3.22. The fourth-order valence-corrected chi connectivity index (χ4v) is 1.49. The third-order valence-electron chi connectivity index (χ3n) is 1.65. The van der Waals surface area contributed by atoms with E-state index in [4.69, 9.17) is 0 Å². The molecular weight excluding hydrogens is 263 g/mol. The zero-order valence-corrected chi connectivity index (χ0v) is 8.39. The zero-order chi connectivity index (χ0) is 10.8. The molecule has 0 heterocycles. The molecule has 0 radical (unpaired) electrons. The standard InChI is InChI=1S/C8H5BrF3NO/c9-4-5-1-2-6(13-14)3-7(5)8(10,11)12/h1-3H,4H2. The van der Waals surface area contributed by atoms with Crippen LogP contribution in [0.5, 0.6) is 0 Å². The number of rotatable bonds is 2. The van der Waals surface area contributed by atoms with Crippen molar-refractivity contribution in [1.82, 2.24) is 0 Å². The first-order valence-corrected chi connectivity index (χ1v) is 4.70. The van der Waals surface area contributed by atoms with Crippen LogP contribution < -0.4 is 0 Å². The highest BCUT2D eigenvalue weighted by Gasteiger charge is 2.33. The minimum absolute atomic E-state index is 0.0843. The van der Waals surface area contributed by atoms with Crippen molar-refractivity contribution in [3.8, 4) is 0 Å². The van der Waals surface area contributed by atoms with Crippen molar-refractivity contribution in [2.24, 2.45) is 5.18 Å². The molecule has 0 N–H and O–H groups in total. The molecule has 0 aliphatic rings. The first kappa shape index (κ1) is 11.2. The fraction of sp³-hybridized carbons (Fsp3) is 0.250. The van der Waals surface area contributed by atoms with Gasteiger partial charge in [-0.2, -0.15) is 13.2 Å². The molecule has 0 amide bonds. The highest BCUT2D eigenvalue weighted by Crippen LogP contribution is 2.35. The van der Waals surface area contributed by atoms with Crippen molar-refractivity contribution in [1.29, 1.82) is 0 Å². The van der Waals surface area contributed by atoms with E-state index in [0.29, 0.717) is 0 Å². The Labute approximate surface area is 86.2 Å². The Kier molecular flexibility index (Phi) is 3.25. The van der Waals surface area contributed by atoms with Gasteiger partial charge in [-0.1, -0.05) is 22.0 Å². The van der Waals surface area contributed by atoms with Gasteiger partial charge < -0.3 is 0 Å². The number of halogens is 4. The van der Waals surface area contributed by atoms with E-state index >= 15 is 0 Å². The predicted octanol–water partition coefficient (Wildman–Crippen LogP) is 4.00. The lowest BCUT2D eigenvalue weighted by Gasteiger charge is -2.10. The van der Waals surface area contributed by atoms with Gasteiger partial charge in [0.05, 0.1) is 5.56 Å². The average molecular weight is 268 g/mol. The van der Waals surface area contributed by atoms with Gasteiger partial charge in [0.2, 0.25) is 0 Å². The van der Waals surface area contributed by atoms with E-state index < -0.39 is 11.7 Å². The number of alkyl halides is 4. The summed E-state index contributed by atoms with van der Waals surface area (Å²) < 4.78 is 37.2. The van der Waals surface area contributed by atoms with Crippen molar-refractivity contribution in [3.05, 3.63) is 34.2 Å². The highest BCUT2D eigenvalue weighted by atomic mass is 79.9. The topological polar surface area (TPSA) is 29.4 Å². The molecule has 0 aliphatic heterocycles. The maximum atomic E-state index is 12.4. The van der Waals surface area contributed by atoms with Crippen molar-refractivity contribution in [2.75, 3.05) is 0 Å². The van der Waals surface area contributed by atoms with E-state index in [2.05, 4.69) is 21.1 Å². The number of benzene rings is 1. The molecule has 0 spiro atoms. The Balaban J connectivity index is 3.29. The zero-order valence-electron chi connectivity index (χ0n) is 6.81. The van der Waals surface area contributed by atoms with Gasteiger partial charge in [0.1, 0.15) is 5.69 Å². The first-order valence-electron chi connectivity index (χ1n) is 3.58. The smallest absolute Gasteiger partial charge is 0.166 e. The molecule has 1 aromatic carbocycles. The predicted molar refractivity (Wildman–Crippen MR) is 49.5 cm³/mol. The van der Waals surface area contributed by atoms with E-state index in [1.165, 1.54) is 12.1 Å². The number of hydrogen-bond acceptors (Lipinski definition) is 2. The van der Waals surface area contributed by atoms with Crippen molar-refractivity contribution >= 4 is 21.6 Å². The lowest BCUT2D eigenvalue weighted by atomic mass is 10.1. The van der Waals surface area contributed by atoms with Gasteiger partial charge in [-0.05, 0) is 22.9 Å². The molecule has 76 valence electrons. The molecule has 0 saturated heterocycles. The van der Waals surface area contributed by atoms with Crippen molar-refractivity contribution < 1.29 is 13.2 Å². The van der Waals surface area contributed by atoms with Gasteiger partial charge in [-0.15, -0.1) is 4.91 Å². The Bertz CT molecular complexity index is 351. The molecule has 6 heteroatoms. The SMILES string of the molecule is O=Nc1ccc(CBr)c(C(F)(F)F)c1. The molecular formula is C8H5BrF3NO. The Morgan fingerprint density at radius 3 is 2.43 bits per heavy atom. The Morgan fingerprint density at radius 1 is 1.36 bits per heavy atom. The lowest BCUT2D eigenvalue weighted by Crippen LogP contribution is -2.07. The highest BCUT2D eigenvalue weighted by molar-refractivity contribution is 9.08. The summed E-state index contributed by atoms with van der Waals surface area (Å²) in [6.07, 6.45) is -4.45. The van der Waals surface area contributed by atoms with Crippen LogP contribution in [0.3, 0.4) is 0 Å². The second kappa shape index (κ2) is 4.08. The van der Waals surface area contributed by atoms with Crippen LogP contribution >= 0.6 is 15.9 Å². The molecule has 0 atom stereocenters. The minimum Gasteiger partial charge on any atom is -0.166 e. The van der Waals surface area contributed by atoms with Gasteiger partial charge in [-0.3, -0.25) is 0 Å². The molecule has 2 nitrogen and oxygen atoms in total. The lowest BCUT2D eigenvalue weighted by molar-refractivity contribution is -0.138. The van der Waals surface area contributed by atoms with Gasteiger partial charge >= 0.3 is 6.18 Å². The molecule has 14 heavy (non-hydrogen) atoms. The van der Waals surface area contributed by atoms with Crippen LogP contribution in [-0.4, -0.2) is 0 Å². The van der Waals surface area contributed by atoms with Gasteiger partial charge in [0.15, 0.2) is 0 Å². The van der Waals surface area contributed by atoms with Crippen LogP contribution in [0.4, 0.5) is 18.9 Å². The third-order valence-corrected chi connectivity index (χ3v) is 2.25. The van der Waals surface area contributed by atoms with Gasteiger partial charge in [0.25, 0.3) is 0 Å². The summed E-state index contributed by atoms with van der Waals surface area (Å²) >= 11 is 2.94. The second-order valence-corrected chi connectivity index (χ2v) is 3.12. The van der Waals surface area contributed by atoms with E-state index in [1.54, 1.807) is 0 Å². The second-order valence-electron chi connectivity index (χ2n) is 2.56. The maximum Gasteiger partial charge on any atom is 0.416 e. The van der Waals surface area contributed by atoms with Crippen LogP contribution in [0.1, 0.15) is 11.1 Å². The molecule has 0 aromatic heterocycles. The molecule has 0 aliphatic carbocycles. The van der Waals surface area contributed by atoms with Crippen LogP contribution in [0.25, 0.3) is 0 Å². The number of nitroso groups, excluding NO2 is 1. The van der Waals surface area contributed by atoms with E-state index in [9.17, 15) is 18.1 Å². The van der Waals surface area contributed by atoms with Crippen LogP contribution in [0.15, 0.2) is 23.4 Å². The summed E-state index contributed by atoms with van der Waals surface area (Å²) in [5, 5.41) is 2.54. The summed E-state index contributed by atoms with van der Waals surface area (Å²) in [4.78, 5) is 10.1. The summed E-state index contributed by atoms with van der Waals surface area (Å²) in [5.74, 6) is 0. The van der Waals surface area contributed by atoms with Gasteiger partial charge in [0, 0.05) is 5.33 Å². The van der Waals surface area contributed by atoms with Crippen molar-refractivity contribution in [3.63, 3.8) is 0 Å². The molecule has 1 rings (SSSR count). The first-order chi connectivity index (χ1) is 6.49. The van der Waals surface area contributed by atoms with E-state index in [1.807, 2.05) is 0 Å².